The third-order valence-corrected chi connectivity index (χ3v) is 7.36. The van der Waals surface area contributed by atoms with Gasteiger partial charge in [-0.15, -0.1) is 0 Å². The van der Waals surface area contributed by atoms with Gasteiger partial charge in [-0.2, -0.15) is 4.98 Å². The average molecular weight is 476 g/mol. The number of piperidine rings is 2. The Labute approximate surface area is 196 Å². The van der Waals surface area contributed by atoms with Crippen molar-refractivity contribution in [2.75, 3.05) is 41.7 Å². The number of carbonyl (C=O) groups is 1. The summed E-state index contributed by atoms with van der Waals surface area (Å²) in [4.78, 5) is 25.3. The van der Waals surface area contributed by atoms with Crippen LogP contribution >= 0.6 is 0 Å². The van der Waals surface area contributed by atoms with Crippen LogP contribution in [-0.4, -0.2) is 48.0 Å². The highest BCUT2D eigenvalue weighted by atomic mass is 19.3. The molecule has 2 aliphatic heterocycles. The maximum absolute atomic E-state index is 15.0. The van der Waals surface area contributed by atoms with E-state index in [-0.39, 0.29) is 49.0 Å². The van der Waals surface area contributed by atoms with Crippen molar-refractivity contribution in [1.29, 1.82) is 0 Å². The van der Waals surface area contributed by atoms with Gasteiger partial charge >= 0.3 is 5.97 Å². The largest absolute Gasteiger partial charge is 0.404 e. The van der Waals surface area contributed by atoms with Gasteiger partial charge in [-0.05, 0) is 43.2 Å². The third kappa shape index (κ3) is 4.37. The molecule has 2 saturated heterocycles. The van der Waals surface area contributed by atoms with E-state index in [1.165, 1.54) is 6.07 Å². The predicted molar refractivity (Wildman–Crippen MR) is 122 cm³/mol. The average Bonchev–Trinajstić information content (AvgIpc) is 3.43. The minimum atomic E-state index is -2.70. The van der Waals surface area contributed by atoms with Gasteiger partial charge in [0.05, 0.1) is 5.69 Å². The van der Waals surface area contributed by atoms with Crippen LogP contribution in [0.2, 0.25) is 0 Å². The number of esters is 1. The summed E-state index contributed by atoms with van der Waals surface area (Å²) in [5.41, 5.74) is 7.21. The van der Waals surface area contributed by atoms with Crippen LogP contribution in [0.3, 0.4) is 0 Å². The third-order valence-electron chi connectivity index (χ3n) is 7.36. The van der Waals surface area contributed by atoms with E-state index in [1.54, 1.807) is 17.9 Å². The summed E-state index contributed by atoms with van der Waals surface area (Å²) in [7, 11) is 0. The van der Waals surface area contributed by atoms with Gasteiger partial charge < -0.3 is 20.3 Å². The summed E-state index contributed by atoms with van der Waals surface area (Å²) in [6, 6.07) is 4.18. The van der Waals surface area contributed by atoms with E-state index in [0.29, 0.717) is 29.3 Å². The van der Waals surface area contributed by atoms with Crippen LogP contribution in [-0.2, 0) is 0 Å². The lowest BCUT2D eigenvalue weighted by Crippen LogP contribution is -2.40. The fourth-order valence-corrected chi connectivity index (χ4v) is 5.02. The molecule has 2 aromatic rings. The Morgan fingerprint density at radius 1 is 1.12 bits per heavy atom. The summed E-state index contributed by atoms with van der Waals surface area (Å²) in [6.07, 6.45) is 1.50. The highest BCUT2D eigenvalue weighted by Crippen LogP contribution is 2.58. The maximum atomic E-state index is 15.0. The van der Waals surface area contributed by atoms with Crippen LogP contribution < -0.4 is 20.3 Å². The van der Waals surface area contributed by atoms with Gasteiger partial charge in [-0.25, -0.2) is 22.9 Å². The summed E-state index contributed by atoms with van der Waals surface area (Å²) in [5, 5.41) is 0. The first kappa shape index (κ1) is 22.7. The predicted octanol–water partition coefficient (Wildman–Crippen LogP) is 4.20. The number of ether oxygens (including phenoxy) is 1. The standard InChI is InChI=1S/C24H28F3N5O2/c1-14-9-19(30-22(29-14)31-7-4-24(26,27)5-8-31)34-21(33)20-17(25)10-16(28)11-18(20)32-6-3-23(2)12-15(23)13-32/h9-11,15H,3-8,12-13,28H2,1-2H3/t15-,23-/m1/s1. The lowest BCUT2D eigenvalue weighted by molar-refractivity contribution is -0.0222. The first-order valence-corrected chi connectivity index (χ1v) is 11.6. The molecule has 0 bridgehead atoms. The number of carbonyl (C=O) groups excluding carboxylic acids is 1. The Kier molecular flexibility index (Phi) is 5.37. The summed E-state index contributed by atoms with van der Waals surface area (Å²) in [5.74, 6) is -3.68. The minimum Gasteiger partial charge on any atom is -0.404 e. The van der Waals surface area contributed by atoms with Crippen molar-refractivity contribution in [2.45, 2.75) is 45.5 Å². The maximum Gasteiger partial charge on any atom is 0.350 e. The Morgan fingerprint density at radius 3 is 2.53 bits per heavy atom. The number of alkyl halides is 2. The van der Waals surface area contributed by atoms with E-state index < -0.39 is 17.7 Å². The van der Waals surface area contributed by atoms with E-state index >= 15 is 4.39 Å². The van der Waals surface area contributed by atoms with Crippen molar-refractivity contribution < 1.29 is 22.7 Å². The molecule has 3 aliphatic rings. The van der Waals surface area contributed by atoms with E-state index in [2.05, 4.69) is 16.9 Å². The molecule has 0 unspecified atom stereocenters. The molecule has 2 N–H and O–H groups in total. The van der Waals surface area contributed by atoms with Crippen molar-refractivity contribution in [2.24, 2.45) is 11.3 Å². The van der Waals surface area contributed by atoms with Gasteiger partial charge in [-0.3, -0.25) is 0 Å². The number of nitrogen functional groups attached to an aromatic ring is 1. The fraction of sp³-hybridized carbons (Fsp3) is 0.542. The molecule has 3 fully saturated rings. The number of hydrogen-bond acceptors (Lipinski definition) is 7. The quantitative estimate of drug-likeness (QED) is 0.524. The Balaban J connectivity index is 1.39. The number of anilines is 3. The summed E-state index contributed by atoms with van der Waals surface area (Å²) >= 11 is 0. The first-order valence-electron chi connectivity index (χ1n) is 11.6. The van der Waals surface area contributed by atoms with E-state index in [0.717, 1.165) is 25.5 Å². The number of nitrogens with zero attached hydrogens (tertiary/aromatic N) is 4. The number of benzene rings is 1. The van der Waals surface area contributed by atoms with Crippen LogP contribution in [0, 0.1) is 24.1 Å². The number of aromatic nitrogens is 2. The number of halogens is 3. The second kappa shape index (κ2) is 8.02. The van der Waals surface area contributed by atoms with Crippen LogP contribution in [0.25, 0.3) is 0 Å². The molecule has 0 spiro atoms. The number of fused-ring (bicyclic) bond motifs is 1. The normalized spacial score (nSPS) is 25.6. The molecule has 5 rings (SSSR count). The molecule has 34 heavy (non-hydrogen) atoms. The molecule has 1 aliphatic carbocycles. The van der Waals surface area contributed by atoms with E-state index in [4.69, 9.17) is 10.5 Å². The smallest absolute Gasteiger partial charge is 0.350 e. The monoisotopic (exact) mass is 475 g/mol. The molecule has 1 aromatic carbocycles. The number of aryl methyl sites for hydroxylation is 1. The van der Waals surface area contributed by atoms with Gasteiger partial charge in [0.1, 0.15) is 11.4 Å². The molecule has 3 heterocycles. The Bertz CT molecular complexity index is 1130. The van der Waals surface area contributed by atoms with Gasteiger partial charge in [0.2, 0.25) is 11.8 Å². The Morgan fingerprint density at radius 2 is 1.82 bits per heavy atom. The Hall–Kier alpha value is -3.04. The lowest BCUT2D eigenvalue weighted by Gasteiger charge is -2.33. The SMILES string of the molecule is Cc1cc(OC(=O)c2c(F)cc(N)cc2N2CC[C@]3(C)C[C@@H]3C2)nc(N2CCC(F)(F)CC2)n1. The second-order valence-electron chi connectivity index (χ2n) is 10.0. The van der Waals surface area contributed by atoms with Gasteiger partial charge in [0, 0.05) is 56.5 Å². The molecule has 1 saturated carbocycles. The van der Waals surface area contributed by atoms with Crippen molar-refractivity contribution in [1.82, 2.24) is 9.97 Å². The minimum absolute atomic E-state index is 0.0552. The molecule has 182 valence electrons. The highest BCUT2D eigenvalue weighted by molar-refractivity contribution is 5.98. The van der Waals surface area contributed by atoms with Crippen LogP contribution in [0.15, 0.2) is 18.2 Å². The molecular formula is C24H28F3N5O2. The summed E-state index contributed by atoms with van der Waals surface area (Å²) in [6.45, 7) is 5.56. The number of nitrogens with two attached hydrogens (primary N) is 1. The molecule has 2 atom stereocenters. The lowest BCUT2D eigenvalue weighted by atomic mass is 9.96. The molecular weight excluding hydrogens is 447 g/mol. The zero-order valence-corrected chi connectivity index (χ0v) is 19.3. The van der Waals surface area contributed by atoms with Crippen molar-refractivity contribution in [3.8, 4) is 5.88 Å². The number of rotatable bonds is 4. The number of hydrogen-bond donors (Lipinski definition) is 1. The fourth-order valence-electron chi connectivity index (χ4n) is 5.02. The van der Waals surface area contributed by atoms with Gasteiger partial charge in [-0.1, -0.05) is 6.92 Å². The van der Waals surface area contributed by atoms with Crippen LogP contribution in [0.5, 0.6) is 5.88 Å². The first-order chi connectivity index (χ1) is 16.0. The zero-order valence-electron chi connectivity index (χ0n) is 19.3. The van der Waals surface area contributed by atoms with Crippen molar-refractivity contribution in [3.63, 3.8) is 0 Å². The van der Waals surface area contributed by atoms with Gasteiger partial charge in [0.15, 0.2) is 0 Å². The van der Waals surface area contributed by atoms with E-state index in [9.17, 15) is 13.6 Å². The molecule has 1 aromatic heterocycles. The molecule has 0 radical (unpaired) electrons. The van der Waals surface area contributed by atoms with Crippen molar-refractivity contribution in [3.05, 3.63) is 35.3 Å². The topological polar surface area (TPSA) is 84.6 Å². The molecule has 7 nitrogen and oxygen atoms in total. The van der Waals surface area contributed by atoms with Crippen LogP contribution in [0.4, 0.5) is 30.5 Å². The molecule has 0 amide bonds. The highest BCUT2D eigenvalue weighted by Gasteiger charge is 2.53. The van der Waals surface area contributed by atoms with E-state index in [1.807, 2.05) is 4.90 Å². The van der Waals surface area contributed by atoms with Gasteiger partial charge in [0.25, 0.3) is 5.92 Å². The summed E-state index contributed by atoms with van der Waals surface area (Å²) < 4.78 is 47.6. The zero-order chi connectivity index (χ0) is 24.3. The molecule has 10 heteroatoms. The van der Waals surface area contributed by atoms with Crippen molar-refractivity contribution >= 4 is 23.3 Å². The second-order valence-corrected chi connectivity index (χ2v) is 10.0. The van der Waals surface area contributed by atoms with Crippen LogP contribution in [0.1, 0.15) is 48.7 Å².